The summed E-state index contributed by atoms with van der Waals surface area (Å²) in [6, 6.07) is 9.88. The van der Waals surface area contributed by atoms with Gasteiger partial charge in [0.25, 0.3) is 0 Å². The molecule has 0 radical (unpaired) electrons. The Labute approximate surface area is 82.9 Å². The van der Waals surface area contributed by atoms with E-state index in [0.29, 0.717) is 12.8 Å². The van der Waals surface area contributed by atoms with Gasteiger partial charge in [0.2, 0.25) is 0 Å². The van der Waals surface area contributed by atoms with Gasteiger partial charge < -0.3 is 0 Å². The van der Waals surface area contributed by atoms with Crippen molar-refractivity contribution in [1.82, 2.24) is 0 Å². The van der Waals surface area contributed by atoms with Crippen molar-refractivity contribution in [1.29, 1.82) is 0 Å². The van der Waals surface area contributed by atoms with Crippen LogP contribution in [0.1, 0.15) is 30.7 Å². The molecule has 2 atom stereocenters. The highest BCUT2D eigenvalue weighted by Gasteiger charge is 2.28. The van der Waals surface area contributed by atoms with Crippen molar-refractivity contribution in [3.63, 3.8) is 0 Å². The summed E-state index contributed by atoms with van der Waals surface area (Å²) in [6.07, 6.45) is 0.307. The summed E-state index contributed by atoms with van der Waals surface area (Å²) < 4.78 is 13.2. The molecule has 0 heterocycles. The molecule has 0 unspecified atom stereocenters. The molecular formula is C12H13FO. The maximum atomic E-state index is 13.2. The number of rotatable bonds is 1. The zero-order chi connectivity index (χ0) is 9.97. The average molecular weight is 192 g/mol. The van der Waals surface area contributed by atoms with E-state index in [-0.39, 0.29) is 11.7 Å². The average Bonchev–Trinajstić information content (AvgIpc) is 2.23. The molecule has 0 aliphatic heterocycles. The second-order valence-corrected chi connectivity index (χ2v) is 3.82. The first-order valence-corrected chi connectivity index (χ1v) is 4.99. The van der Waals surface area contributed by atoms with Gasteiger partial charge in [-0.2, -0.15) is 0 Å². The molecule has 1 aromatic carbocycles. The number of Topliss-reactive ketones (excluding diaryl/α,β-unsaturated/α-hetero) is 1. The van der Waals surface area contributed by atoms with Crippen LogP contribution >= 0.6 is 0 Å². The molecule has 0 amide bonds. The Morgan fingerprint density at radius 2 is 1.93 bits per heavy atom. The minimum Gasteiger partial charge on any atom is -0.296 e. The van der Waals surface area contributed by atoms with Crippen LogP contribution in [-0.2, 0) is 4.79 Å². The minimum atomic E-state index is -1.24. The molecule has 0 saturated heterocycles. The zero-order valence-electron chi connectivity index (χ0n) is 7.95. The minimum absolute atomic E-state index is 0.225. The van der Waals surface area contributed by atoms with Crippen LogP contribution in [0.25, 0.3) is 0 Å². The van der Waals surface area contributed by atoms with E-state index >= 15 is 0 Å². The van der Waals surface area contributed by atoms with E-state index in [1.54, 1.807) is 0 Å². The van der Waals surface area contributed by atoms with Gasteiger partial charge in [-0.3, -0.25) is 4.79 Å². The molecule has 1 fully saturated rings. The molecule has 0 aromatic heterocycles. The zero-order valence-corrected chi connectivity index (χ0v) is 7.95. The molecular weight excluding hydrogens is 179 g/mol. The van der Waals surface area contributed by atoms with Gasteiger partial charge in [-0.25, -0.2) is 4.39 Å². The van der Waals surface area contributed by atoms with E-state index in [2.05, 4.69) is 0 Å². The van der Waals surface area contributed by atoms with Gasteiger partial charge in [-0.15, -0.1) is 0 Å². The number of alkyl halides is 1. The summed E-state index contributed by atoms with van der Waals surface area (Å²) in [7, 11) is 0. The number of carbonyl (C=O) groups excluding carboxylic acids is 1. The molecule has 1 saturated carbocycles. The summed E-state index contributed by atoms with van der Waals surface area (Å²) in [5.41, 5.74) is 1.16. The fraction of sp³-hybridized carbons (Fsp3) is 0.417. The summed E-state index contributed by atoms with van der Waals surface area (Å²) >= 11 is 0. The number of halogens is 1. The molecule has 14 heavy (non-hydrogen) atoms. The van der Waals surface area contributed by atoms with E-state index < -0.39 is 6.17 Å². The summed E-state index contributed by atoms with van der Waals surface area (Å²) in [6.45, 7) is 0. The van der Waals surface area contributed by atoms with Crippen molar-refractivity contribution in [3.05, 3.63) is 35.9 Å². The maximum absolute atomic E-state index is 13.2. The lowest BCUT2D eigenvalue weighted by Gasteiger charge is -2.23. The third-order valence-corrected chi connectivity index (χ3v) is 2.85. The molecule has 1 aliphatic carbocycles. The highest BCUT2D eigenvalue weighted by molar-refractivity contribution is 5.83. The Morgan fingerprint density at radius 3 is 2.57 bits per heavy atom. The number of ketones is 1. The predicted octanol–water partition coefficient (Wildman–Crippen LogP) is 2.86. The Kier molecular flexibility index (Phi) is 2.62. The fourth-order valence-corrected chi connectivity index (χ4v) is 2.00. The monoisotopic (exact) mass is 192 g/mol. The molecule has 2 heteroatoms. The summed E-state index contributed by atoms with van der Waals surface area (Å²) in [5, 5.41) is 0. The van der Waals surface area contributed by atoms with Gasteiger partial charge >= 0.3 is 0 Å². The van der Waals surface area contributed by atoms with Crippen molar-refractivity contribution < 1.29 is 9.18 Å². The van der Waals surface area contributed by atoms with Crippen LogP contribution in [0.5, 0.6) is 0 Å². The molecule has 74 valence electrons. The SMILES string of the molecule is O=C1CC[C@@H](c2ccccc2)C[C@H]1F. The largest absolute Gasteiger partial charge is 0.296 e. The van der Waals surface area contributed by atoms with Crippen molar-refractivity contribution in [3.8, 4) is 0 Å². The number of benzene rings is 1. The first-order valence-electron chi connectivity index (χ1n) is 4.99. The van der Waals surface area contributed by atoms with Crippen LogP contribution in [-0.4, -0.2) is 12.0 Å². The maximum Gasteiger partial charge on any atom is 0.166 e. The van der Waals surface area contributed by atoms with Crippen LogP contribution in [0, 0.1) is 0 Å². The summed E-state index contributed by atoms with van der Waals surface area (Å²) in [5.74, 6) is 0.00100. The van der Waals surface area contributed by atoms with Gasteiger partial charge in [-0.05, 0) is 24.3 Å². The smallest absolute Gasteiger partial charge is 0.166 e. The molecule has 0 bridgehead atoms. The van der Waals surface area contributed by atoms with Crippen LogP contribution in [0.3, 0.4) is 0 Å². The van der Waals surface area contributed by atoms with E-state index in [4.69, 9.17) is 0 Å². The van der Waals surface area contributed by atoms with E-state index in [0.717, 1.165) is 12.0 Å². The highest BCUT2D eigenvalue weighted by atomic mass is 19.1. The Bertz CT molecular complexity index is 320. The van der Waals surface area contributed by atoms with Crippen LogP contribution in [0.2, 0.25) is 0 Å². The molecule has 1 aliphatic rings. The second-order valence-electron chi connectivity index (χ2n) is 3.82. The Morgan fingerprint density at radius 1 is 1.21 bits per heavy atom. The highest BCUT2D eigenvalue weighted by Crippen LogP contribution is 2.32. The van der Waals surface area contributed by atoms with Crippen LogP contribution < -0.4 is 0 Å². The normalized spacial score (nSPS) is 27.6. The lowest BCUT2D eigenvalue weighted by Crippen LogP contribution is -2.24. The van der Waals surface area contributed by atoms with E-state index in [1.807, 2.05) is 30.3 Å². The number of hydrogen-bond donors (Lipinski definition) is 0. The van der Waals surface area contributed by atoms with E-state index in [1.165, 1.54) is 0 Å². The third kappa shape index (κ3) is 1.84. The Balaban J connectivity index is 2.11. The fourth-order valence-electron chi connectivity index (χ4n) is 2.00. The molecule has 1 aromatic rings. The Hall–Kier alpha value is -1.18. The lowest BCUT2D eigenvalue weighted by atomic mass is 9.82. The predicted molar refractivity (Wildman–Crippen MR) is 52.9 cm³/mol. The van der Waals surface area contributed by atoms with Gasteiger partial charge in [0.05, 0.1) is 0 Å². The van der Waals surface area contributed by atoms with Crippen molar-refractivity contribution in [2.24, 2.45) is 0 Å². The first-order chi connectivity index (χ1) is 6.77. The van der Waals surface area contributed by atoms with Gasteiger partial charge in [-0.1, -0.05) is 30.3 Å². The molecule has 1 nitrogen and oxygen atoms in total. The van der Waals surface area contributed by atoms with Crippen molar-refractivity contribution >= 4 is 5.78 Å². The first kappa shape index (κ1) is 9.38. The van der Waals surface area contributed by atoms with Gasteiger partial charge in [0.15, 0.2) is 12.0 Å². The second kappa shape index (κ2) is 3.91. The topological polar surface area (TPSA) is 17.1 Å². The molecule has 0 N–H and O–H groups in total. The van der Waals surface area contributed by atoms with Crippen molar-refractivity contribution in [2.45, 2.75) is 31.4 Å². The van der Waals surface area contributed by atoms with Crippen LogP contribution in [0.15, 0.2) is 30.3 Å². The van der Waals surface area contributed by atoms with Gasteiger partial charge in [0, 0.05) is 6.42 Å². The lowest BCUT2D eigenvalue weighted by molar-refractivity contribution is -0.125. The van der Waals surface area contributed by atoms with Gasteiger partial charge in [0.1, 0.15) is 0 Å². The molecule has 0 spiro atoms. The van der Waals surface area contributed by atoms with E-state index in [9.17, 15) is 9.18 Å². The number of hydrogen-bond acceptors (Lipinski definition) is 1. The number of carbonyl (C=O) groups is 1. The quantitative estimate of drug-likeness (QED) is 0.668. The summed E-state index contributed by atoms with van der Waals surface area (Å²) in [4.78, 5) is 11.0. The van der Waals surface area contributed by atoms with Crippen LogP contribution in [0.4, 0.5) is 4.39 Å². The standard InChI is InChI=1S/C12H13FO/c13-11-8-10(6-7-12(11)14)9-4-2-1-3-5-9/h1-5,10-11H,6-8H2/t10-,11-/m1/s1. The molecule has 2 rings (SSSR count). The third-order valence-electron chi connectivity index (χ3n) is 2.85. The van der Waals surface area contributed by atoms with Crippen molar-refractivity contribution in [2.75, 3.05) is 0 Å².